The van der Waals surface area contributed by atoms with Crippen LogP contribution >= 0.6 is 0 Å². The highest BCUT2D eigenvalue weighted by Crippen LogP contribution is 2.20. The monoisotopic (exact) mass is 214 g/mol. The molecule has 0 fully saturated rings. The van der Waals surface area contributed by atoms with Crippen molar-refractivity contribution in [1.29, 1.82) is 0 Å². The summed E-state index contributed by atoms with van der Waals surface area (Å²) in [6.45, 7) is 2.07. The van der Waals surface area contributed by atoms with Crippen LogP contribution in [0, 0.1) is 11.6 Å². The van der Waals surface area contributed by atoms with E-state index in [1.54, 1.807) is 6.07 Å². The van der Waals surface area contributed by atoms with Gasteiger partial charge in [0.2, 0.25) is 0 Å². The minimum atomic E-state index is -0.829. The Morgan fingerprint density at radius 1 is 1.33 bits per heavy atom. The van der Waals surface area contributed by atoms with Crippen molar-refractivity contribution in [1.82, 2.24) is 5.43 Å². The number of rotatable bonds is 5. The Balaban J connectivity index is 2.78. The zero-order valence-corrected chi connectivity index (χ0v) is 8.76. The van der Waals surface area contributed by atoms with E-state index in [2.05, 4.69) is 12.3 Å². The molecule has 0 spiro atoms. The third kappa shape index (κ3) is 3.25. The molecule has 0 saturated heterocycles. The van der Waals surface area contributed by atoms with Gasteiger partial charge in [-0.15, -0.1) is 0 Å². The Hall–Kier alpha value is -1.00. The summed E-state index contributed by atoms with van der Waals surface area (Å²) in [5.41, 5.74) is 3.30. The van der Waals surface area contributed by atoms with Crippen molar-refractivity contribution in [3.05, 3.63) is 35.4 Å². The molecule has 3 N–H and O–H groups in total. The van der Waals surface area contributed by atoms with Crippen LogP contribution in [0.3, 0.4) is 0 Å². The molecule has 1 rings (SSSR count). The number of unbranched alkanes of at least 4 members (excludes halogenated alkanes) is 1. The van der Waals surface area contributed by atoms with E-state index in [4.69, 9.17) is 5.84 Å². The summed E-state index contributed by atoms with van der Waals surface area (Å²) in [4.78, 5) is 0. The fourth-order valence-electron chi connectivity index (χ4n) is 1.48. The van der Waals surface area contributed by atoms with Gasteiger partial charge >= 0.3 is 0 Å². The topological polar surface area (TPSA) is 38.0 Å². The molecule has 1 atom stereocenters. The van der Waals surface area contributed by atoms with E-state index in [1.165, 1.54) is 6.07 Å². The lowest BCUT2D eigenvalue weighted by Gasteiger charge is -2.15. The number of nitrogens with two attached hydrogens (primary N) is 1. The van der Waals surface area contributed by atoms with Gasteiger partial charge in [-0.3, -0.25) is 11.3 Å². The summed E-state index contributed by atoms with van der Waals surface area (Å²) in [5, 5.41) is 0. The molecule has 15 heavy (non-hydrogen) atoms. The number of hydrogen-bond acceptors (Lipinski definition) is 2. The first-order chi connectivity index (χ1) is 7.19. The Labute approximate surface area is 88.4 Å². The normalized spacial score (nSPS) is 12.8. The minimum Gasteiger partial charge on any atom is -0.271 e. The first kappa shape index (κ1) is 12.1. The summed E-state index contributed by atoms with van der Waals surface area (Å²) in [6.07, 6.45) is 2.85. The van der Waals surface area contributed by atoms with Crippen LogP contribution in [0.4, 0.5) is 8.78 Å². The highest BCUT2D eigenvalue weighted by Gasteiger charge is 2.11. The predicted molar refractivity (Wildman–Crippen MR) is 55.9 cm³/mol. The summed E-state index contributed by atoms with van der Waals surface area (Å²) in [6, 6.07) is 3.76. The molecule has 4 heteroatoms. The van der Waals surface area contributed by atoms with Crippen LogP contribution in [0.15, 0.2) is 18.2 Å². The molecule has 0 heterocycles. The molecule has 0 aromatic heterocycles. The summed E-state index contributed by atoms with van der Waals surface area (Å²) >= 11 is 0. The van der Waals surface area contributed by atoms with Gasteiger partial charge in [-0.05, 0) is 24.1 Å². The number of hydrogen-bond donors (Lipinski definition) is 2. The zero-order chi connectivity index (χ0) is 11.3. The second-order valence-corrected chi connectivity index (χ2v) is 3.54. The third-order valence-electron chi connectivity index (χ3n) is 2.39. The van der Waals surface area contributed by atoms with E-state index in [-0.39, 0.29) is 6.04 Å². The van der Waals surface area contributed by atoms with Crippen molar-refractivity contribution in [2.45, 2.75) is 32.2 Å². The van der Waals surface area contributed by atoms with Gasteiger partial charge in [0.25, 0.3) is 0 Å². The molecule has 0 bridgehead atoms. The van der Waals surface area contributed by atoms with E-state index in [9.17, 15) is 8.78 Å². The molecule has 1 aromatic carbocycles. The number of hydrazine groups is 1. The fourth-order valence-corrected chi connectivity index (χ4v) is 1.48. The Morgan fingerprint density at radius 3 is 2.60 bits per heavy atom. The maximum absolute atomic E-state index is 13.0. The fraction of sp³-hybridized carbons (Fsp3) is 0.455. The molecule has 0 aliphatic rings. The number of halogens is 2. The van der Waals surface area contributed by atoms with Crippen molar-refractivity contribution >= 4 is 0 Å². The average Bonchev–Trinajstić information content (AvgIpc) is 2.24. The molecule has 84 valence electrons. The lowest BCUT2D eigenvalue weighted by molar-refractivity contribution is 0.478. The molecule has 1 aromatic rings. The van der Waals surface area contributed by atoms with E-state index in [0.29, 0.717) is 5.56 Å². The molecular formula is C11H16F2N2. The SMILES string of the molecule is CCCCC(NN)c1ccc(F)c(F)c1. The van der Waals surface area contributed by atoms with E-state index in [1.807, 2.05) is 0 Å². The van der Waals surface area contributed by atoms with Crippen LogP contribution in [0.1, 0.15) is 37.8 Å². The first-order valence-electron chi connectivity index (χ1n) is 5.10. The number of nitrogens with one attached hydrogen (secondary N) is 1. The van der Waals surface area contributed by atoms with E-state index >= 15 is 0 Å². The molecular weight excluding hydrogens is 198 g/mol. The van der Waals surface area contributed by atoms with Crippen LogP contribution in [-0.4, -0.2) is 0 Å². The largest absolute Gasteiger partial charge is 0.271 e. The Kier molecular flexibility index (Phi) is 4.65. The van der Waals surface area contributed by atoms with Crippen molar-refractivity contribution in [2.75, 3.05) is 0 Å². The van der Waals surface area contributed by atoms with Gasteiger partial charge in [0.1, 0.15) is 0 Å². The van der Waals surface area contributed by atoms with Crippen molar-refractivity contribution in [2.24, 2.45) is 5.84 Å². The lowest BCUT2D eigenvalue weighted by atomic mass is 10.0. The molecule has 0 saturated carbocycles. The summed E-state index contributed by atoms with van der Waals surface area (Å²) in [7, 11) is 0. The van der Waals surface area contributed by atoms with Crippen molar-refractivity contribution in [3.8, 4) is 0 Å². The van der Waals surface area contributed by atoms with Crippen LogP contribution in [0.2, 0.25) is 0 Å². The van der Waals surface area contributed by atoms with Crippen molar-refractivity contribution < 1.29 is 8.78 Å². The van der Waals surface area contributed by atoms with Crippen LogP contribution in [-0.2, 0) is 0 Å². The highest BCUT2D eigenvalue weighted by atomic mass is 19.2. The molecule has 1 unspecified atom stereocenters. The Bertz CT molecular complexity index is 315. The quantitative estimate of drug-likeness (QED) is 0.584. The molecule has 0 aliphatic carbocycles. The third-order valence-corrected chi connectivity index (χ3v) is 2.39. The maximum atomic E-state index is 13.0. The molecule has 0 radical (unpaired) electrons. The van der Waals surface area contributed by atoms with Gasteiger partial charge in [-0.2, -0.15) is 0 Å². The summed E-state index contributed by atoms with van der Waals surface area (Å²) in [5.74, 6) is 3.71. The Morgan fingerprint density at radius 2 is 2.07 bits per heavy atom. The van der Waals surface area contributed by atoms with Gasteiger partial charge in [-0.1, -0.05) is 25.8 Å². The van der Waals surface area contributed by atoms with Gasteiger partial charge in [0, 0.05) is 6.04 Å². The van der Waals surface area contributed by atoms with Crippen LogP contribution in [0.5, 0.6) is 0 Å². The molecule has 0 aliphatic heterocycles. The predicted octanol–water partition coefficient (Wildman–Crippen LogP) is 2.66. The number of benzene rings is 1. The van der Waals surface area contributed by atoms with Gasteiger partial charge < -0.3 is 0 Å². The molecule has 2 nitrogen and oxygen atoms in total. The highest BCUT2D eigenvalue weighted by molar-refractivity contribution is 5.21. The smallest absolute Gasteiger partial charge is 0.159 e. The summed E-state index contributed by atoms with van der Waals surface area (Å²) < 4.78 is 25.6. The minimum absolute atomic E-state index is 0.111. The maximum Gasteiger partial charge on any atom is 0.159 e. The van der Waals surface area contributed by atoms with Crippen molar-refractivity contribution in [3.63, 3.8) is 0 Å². The second-order valence-electron chi connectivity index (χ2n) is 3.54. The van der Waals surface area contributed by atoms with Crippen LogP contribution < -0.4 is 11.3 Å². The van der Waals surface area contributed by atoms with Gasteiger partial charge in [0.05, 0.1) is 0 Å². The van der Waals surface area contributed by atoms with E-state index in [0.717, 1.165) is 25.3 Å². The average molecular weight is 214 g/mol. The first-order valence-corrected chi connectivity index (χ1v) is 5.10. The lowest BCUT2D eigenvalue weighted by Crippen LogP contribution is -2.28. The van der Waals surface area contributed by atoms with Gasteiger partial charge in [-0.25, -0.2) is 8.78 Å². The van der Waals surface area contributed by atoms with E-state index < -0.39 is 11.6 Å². The zero-order valence-electron chi connectivity index (χ0n) is 8.76. The van der Waals surface area contributed by atoms with Gasteiger partial charge in [0.15, 0.2) is 11.6 Å². The van der Waals surface area contributed by atoms with Crippen LogP contribution in [0.25, 0.3) is 0 Å². The second kappa shape index (κ2) is 5.78. The standard InChI is InChI=1S/C11H16F2N2/c1-2-3-4-11(15-14)8-5-6-9(12)10(13)7-8/h5-7,11,15H,2-4,14H2,1H3. The molecule has 0 amide bonds.